The normalized spacial score (nSPS) is 24.4. The number of allylic oxidation sites excluding steroid dienone is 1. The highest BCUT2D eigenvalue weighted by Gasteiger charge is 2.48. The smallest absolute Gasteiger partial charge is 0.319 e. The molecule has 2 N–H and O–H groups in total. The average molecular weight is 651 g/mol. The number of phenols is 1. The lowest BCUT2D eigenvalue weighted by Crippen LogP contribution is -2.46. The standard InChI is InChI=1S/C36H38F4N4O3/c1-4-24-27(38)8-7-21-13-23(45)14-25(29(21)24)30-28(39)15-26-32(31(30)40)41-34(42-33(26)43-11-5-9-35(3,46)18-43)47-19-36-10-6-12-44(36)17-22(16-36)20(2)37/h7-8,13-15,45-46H,4-6,9-12,16-19H2,1-3H3/b22-20+/t35-,36?/m1/s1. The molecule has 47 heavy (non-hydrogen) atoms. The lowest BCUT2D eigenvalue weighted by atomic mass is 9.91. The van der Waals surface area contributed by atoms with Crippen molar-refractivity contribution in [3.05, 3.63) is 64.7 Å². The fraction of sp³-hybridized carbons (Fsp3) is 0.444. The quantitative estimate of drug-likeness (QED) is 0.211. The number of hydrogen-bond acceptors (Lipinski definition) is 7. The lowest BCUT2D eigenvalue weighted by molar-refractivity contribution is 0.0447. The van der Waals surface area contributed by atoms with Gasteiger partial charge in [0.25, 0.3) is 0 Å². The van der Waals surface area contributed by atoms with Gasteiger partial charge < -0.3 is 19.8 Å². The van der Waals surface area contributed by atoms with Crippen LogP contribution in [-0.4, -0.2) is 69.0 Å². The van der Waals surface area contributed by atoms with E-state index in [-0.39, 0.29) is 65.0 Å². The monoisotopic (exact) mass is 650 g/mol. The van der Waals surface area contributed by atoms with Gasteiger partial charge in [0.1, 0.15) is 35.3 Å². The van der Waals surface area contributed by atoms with Gasteiger partial charge in [-0.05, 0) is 111 Å². The zero-order valence-corrected chi connectivity index (χ0v) is 26.8. The molecule has 1 unspecified atom stereocenters. The second kappa shape index (κ2) is 11.6. The molecule has 0 aliphatic carbocycles. The Morgan fingerprint density at radius 1 is 1.04 bits per heavy atom. The van der Waals surface area contributed by atoms with Crippen molar-refractivity contribution in [2.24, 2.45) is 0 Å². The number of benzene rings is 3. The van der Waals surface area contributed by atoms with E-state index < -0.39 is 34.2 Å². The highest BCUT2D eigenvalue weighted by molar-refractivity contribution is 6.03. The molecule has 3 aliphatic heterocycles. The molecular formula is C36H38F4N4O3. The number of β-amino-alcohol motifs (C(OH)–C–C–N with tert-alkyl or cyclic N) is 1. The first-order chi connectivity index (χ1) is 22.4. The van der Waals surface area contributed by atoms with Gasteiger partial charge in [0.15, 0.2) is 5.82 Å². The van der Waals surface area contributed by atoms with Crippen molar-refractivity contribution in [3.63, 3.8) is 0 Å². The van der Waals surface area contributed by atoms with Crippen LogP contribution in [0.25, 0.3) is 32.8 Å². The first-order valence-corrected chi connectivity index (χ1v) is 16.2. The average Bonchev–Trinajstić information content (AvgIpc) is 3.58. The lowest BCUT2D eigenvalue weighted by Gasteiger charge is -2.38. The number of hydrogen-bond donors (Lipinski definition) is 2. The van der Waals surface area contributed by atoms with Crippen LogP contribution in [0.2, 0.25) is 0 Å². The van der Waals surface area contributed by atoms with Gasteiger partial charge in [0.2, 0.25) is 0 Å². The maximum Gasteiger partial charge on any atom is 0.319 e. The Morgan fingerprint density at radius 3 is 2.57 bits per heavy atom. The fourth-order valence-corrected chi connectivity index (χ4v) is 7.92. The number of phenolic OH excluding ortho intramolecular Hbond substituents is 1. The number of nitrogens with zero attached hydrogens (tertiary/aromatic N) is 4. The van der Waals surface area contributed by atoms with Crippen LogP contribution in [0.3, 0.4) is 0 Å². The summed E-state index contributed by atoms with van der Waals surface area (Å²) in [5.74, 6) is -2.64. The molecule has 7 rings (SSSR count). The number of aliphatic hydroxyl groups is 1. The van der Waals surface area contributed by atoms with Crippen LogP contribution >= 0.6 is 0 Å². The molecular weight excluding hydrogens is 612 g/mol. The number of aromatic nitrogens is 2. The van der Waals surface area contributed by atoms with Crippen molar-refractivity contribution >= 4 is 27.5 Å². The van der Waals surface area contributed by atoms with E-state index in [0.717, 1.165) is 31.0 Å². The second-order valence-electron chi connectivity index (χ2n) is 13.6. The first-order valence-electron chi connectivity index (χ1n) is 16.2. The molecule has 0 saturated carbocycles. The number of piperidine rings is 1. The van der Waals surface area contributed by atoms with E-state index in [0.29, 0.717) is 43.1 Å². The zero-order valence-electron chi connectivity index (χ0n) is 26.8. The van der Waals surface area contributed by atoms with Gasteiger partial charge in [0.05, 0.1) is 22.5 Å². The Morgan fingerprint density at radius 2 is 1.83 bits per heavy atom. The highest BCUT2D eigenvalue weighted by Crippen LogP contribution is 2.44. The Kier molecular flexibility index (Phi) is 7.82. The molecule has 1 aromatic heterocycles. The van der Waals surface area contributed by atoms with Crippen molar-refractivity contribution in [2.75, 3.05) is 37.7 Å². The number of halogens is 4. The van der Waals surface area contributed by atoms with E-state index in [2.05, 4.69) is 14.9 Å². The maximum absolute atomic E-state index is 16.9. The van der Waals surface area contributed by atoms with Crippen LogP contribution in [-0.2, 0) is 6.42 Å². The summed E-state index contributed by atoms with van der Waals surface area (Å²) in [6.07, 6.45) is 3.69. The van der Waals surface area contributed by atoms with Gasteiger partial charge in [0, 0.05) is 25.0 Å². The molecule has 0 bridgehead atoms. The summed E-state index contributed by atoms with van der Waals surface area (Å²) < 4.78 is 68.6. The SMILES string of the molecule is CCc1c(F)ccc2cc(O)cc(-c3c(F)cc4c(N5CCC[C@@](C)(O)C5)nc(OCC56CCCN5C/C(=C(\C)F)C6)nc4c3F)c12. The number of anilines is 1. The number of rotatable bonds is 6. The van der Waals surface area contributed by atoms with Gasteiger partial charge in [-0.25, -0.2) is 17.6 Å². The zero-order chi connectivity index (χ0) is 33.2. The van der Waals surface area contributed by atoms with Crippen molar-refractivity contribution in [1.82, 2.24) is 14.9 Å². The molecule has 4 aromatic rings. The predicted molar refractivity (Wildman–Crippen MR) is 173 cm³/mol. The minimum absolute atomic E-state index is 0.00383. The molecule has 248 valence electrons. The molecule has 7 nitrogen and oxygen atoms in total. The molecule has 2 atom stereocenters. The first kappa shape index (κ1) is 31.6. The van der Waals surface area contributed by atoms with Crippen LogP contribution in [0.1, 0.15) is 58.4 Å². The second-order valence-corrected chi connectivity index (χ2v) is 13.6. The maximum atomic E-state index is 16.9. The summed E-state index contributed by atoms with van der Waals surface area (Å²) in [4.78, 5) is 13.1. The third kappa shape index (κ3) is 5.47. The molecule has 3 aromatic carbocycles. The van der Waals surface area contributed by atoms with Gasteiger partial charge in [-0.1, -0.05) is 13.0 Å². The van der Waals surface area contributed by atoms with E-state index >= 15 is 8.78 Å². The van der Waals surface area contributed by atoms with Gasteiger partial charge in [-0.15, -0.1) is 0 Å². The van der Waals surface area contributed by atoms with Crippen molar-refractivity contribution in [3.8, 4) is 22.9 Å². The highest BCUT2D eigenvalue weighted by atomic mass is 19.1. The molecule has 3 aliphatic rings. The van der Waals surface area contributed by atoms with Crippen LogP contribution in [0.15, 0.2) is 41.7 Å². The Hall–Kier alpha value is -3.96. The summed E-state index contributed by atoms with van der Waals surface area (Å²) in [6, 6.07) is 6.46. The van der Waals surface area contributed by atoms with E-state index in [1.165, 1.54) is 31.2 Å². The van der Waals surface area contributed by atoms with Gasteiger partial charge in [-0.2, -0.15) is 9.97 Å². The number of aryl methyl sites for hydroxylation is 1. The number of fused-ring (bicyclic) bond motifs is 3. The Balaban J connectivity index is 1.40. The van der Waals surface area contributed by atoms with Crippen LogP contribution in [0.4, 0.5) is 23.4 Å². The van der Waals surface area contributed by atoms with Crippen molar-refractivity contribution in [1.29, 1.82) is 0 Å². The summed E-state index contributed by atoms with van der Waals surface area (Å²) in [6.45, 7) is 7.08. The molecule has 0 amide bonds. The molecule has 11 heteroatoms. The Labute approximate surface area is 270 Å². The van der Waals surface area contributed by atoms with Gasteiger partial charge in [-0.3, -0.25) is 4.90 Å². The molecule has 0 radical (unpaired) electrons. The molecule has 3 saturated heterocycles. The van der Waals surface area contributed by atoms with E-state index in [4.69, 9.17) is 4.74 Å². The van der Waals surface area contributed by atoms with Crippen molar-refractivity contribution in [2.45, 2.75) is 70.4 Å². The number of aromatic hydroxyl groups is 1. The minimum atomic E-state index is -1.05. The van der Waals surface area contributed by atoms with Crippen molar-refractivity contribution < 1.29 is 32.5 Å². The Bertz CT molecular complexity index is 1940. The van der Waals surface area contributed by atoms with E-state index in [9.17, 15) is 19.0 Å². The van der Waals surface area contributed by atoms with E-state index in [1.54, 1.807) is 18.7 Å². The largest absolute Gasteiger partial charge is 0.508 e. The topological polar surface area (TPSA) is 82.0 Å². The third-order valence-electron chi connectivity index (χ3n) is 10.2. The summed E-state index contributed by atoms with van der Waals surface area (Å²) >= 11 is 0. The summed E-state index contributed by atoms with van der Waals surface area (Å²) in [5.41, 5.74) is -1.14. The third-order valence-corrected chi connectivity index (χ3v) is 10.2. The molecule has 4 heterocycles. The summed E-state index contributed by atoms with van der Waals surface area (Å²) in [7, 11) is 0. The predicted octanol–water partition coefficient (Wildman–Crippen LogP) is 7.35. The number of ether oxygens (including phenoxy) is 1. The summed E-state index contributed by atoms with van der Waals surface area (Å²) in [5, 5.41) is 22.3. The van der Waals surface area contributed by atoms with Crippen LogP contribution in [0.5, 0.6) is 11.8 Å². The van der Waals surface area contributed by atoms with Crippen LogP contribution in [0, 0.1) is 17.5 Å². The molecule has 3 fully saturated rings. The minimum Gasteiger partial charge on any atom is -0.508 e. The fourth-order valence-electron chi connectivity index (χ4n) is 7.92. The van der Waals surface area contributed by atoms with Gasteiger partial charge >= 0.3 is 6.01 Å². The van der Waals surface area contributed by atoms with Crippen LogP contribution < -0.4 is 9.64 Å². The van der Waals surface area contributed by atoms with E-state index in [1.807, 2.05) is 0 Å². The molecule has 0 spiro atoms.